The Morgan fingerprint density at radius 3 is 2.29 bits per heavy atom. The van der Waals surface area contributed by atoms with Gasteiger partial charge in [-0.25, -0.2) is 4.79 Å². The van der Waals surface area contributed by atoms with Crippen LogP contribution in [-0.4, -0.2) is 43.1 Å². The first-order valence-electron chi connectivity index (χ1n) is 8.87. The molecule has 2 amide bonds. The maximum atomic E-state index is 12.4. The van der Waals surface area contributed by atoms with Crippen molar-refractivity contribution < 1.29 is 24.2 Å². The van der Waals surface area contributed by atoms with Crippen LogP contribution in [0.5, 0.6) is 5.75 Å². The van der Waals surface area contributed by atoms with Crippen molar-refractivity contribution >= 4 is 17.8 Å². The molecule has 0 unspecified atom stereocenters. The largest absolute Gasteiger partial charge is 0.481 e. The number of hydrogen-bond donors (Lipinski definition) is 3. The van der Waals surface area contributed by atoms with Crippen molar-refractivity contribution in [1.29, 1.82) is 0 Å². The lowest BCUT2D eigenvalue weighted by molar-refractivity contribution is -0.139. The summed E-state index contributed by atoms with van der Waals surface area (Å²) in [7, 11) is 1.58. The number of aliphatic carboxylic acids is 1. The van der Waals surface area contributed by atoms with Gasteiger partial charge in [-0.05, 0) is 61.2 Å². The molecule has 7 heteroatoms. The van der Waals surface area contributed by atoms with Gasteiger partial charge in [0.1, 0.15) is 5.75 Å². The third kappa shape index (κ3) is 5.57. The highest BCUT2D eigenvalue weighted by molar-refractivity contribution is 5.95. The second-order valence-electron chi connectivity index (χ2n) is 6.41. The SMILES string of the molecule is CNC(=O)c1cccc(CCNC(=O)c2cc(C)c(OCC(=O)O)c(C)c2)c1. The van der Waals surface area contributed by atoms with Gasteiger partial charge in [0.05, 0.1) is 0 Å². The Labute approximate surface area is 163 Å². The average Bonchev–Trinajstić information content (AvgIpc) is 2.66. The van der Waals surface area contributed by atoms with Gasteiger partial charge in [0.25, 0.3) is 11.8 Å². The smallest absolute Gasteiger partial charge is 0.341 e. The molecule has 0 saturated heterocycles. The molecular weight excluding hydrogens is 360 g/mol. The summed E-state index contributed by atoms with van der Waals surface area (Å²) < 4.78 is 5.28. The van der Waals surface area contributed by atoms with Crippen LogP contribution in [0.3, 0.4) is 0 Å². The zero-order valence-electron chi connectivity index (χ0n) is 16.2. The average molecular weight is 384 g/mol. The highest BCUT2D eigenvalue weighted by Gasteiger charge is 2.13. The summed E-state index contributed by atoms with van der Waals surface area (Å²) in [6.45, 7) is 3.53. The topological polar surface area (TPSA) is 105 Å². The van der Waals surface area contributed by atoms with E-state index in [2.05, 4.69) is 10.6 Å². The molecule has 2 aromatic carbocycles. The van der Waals surface area contributed by atoms with Crippen LogP contribution >= 0.6 is 0 Å². The molecule has 0 atom stereocenters. The number of aryl methyl sites for hydroxylation is 2. The summed E-state index contributed by atoms with van der Waals surface area (Å²) in [5, 5.41) is 14.2. The Morgan fingerprint density at radius 2 is 1.68 bits per heavy atom. The lowest BCUT2D eigenvalue weighted by Crippen LogP contribution is -2.26. The van der Waals surface area contributed by atoms with E-state index in [1.165, 1.54) is 0 Å². The normalized spacial score (nSPS) is 10.2. The second-order valence-corrected chi connectivity index (χ2v) is 6.41. The molecule has 0 saturated carbocycles. The molecule has 0 fully saturated rings. The summed E-state index contributed by atoms with van der Waals surface area (Å²) in [4.78, 5) is 34.8. The van der Waals surface area contributed by atoms with Gasteiger partial charge in [0.15, 0.2) is 6.61 Å². The van der Waals surface area contributed by atoms with E-state index in [-0.39, 0.29) is 11.8 Å². The number of ether oxygens (including phenoxy) is 1. The van der Waals surface area contributed by atoms with Crippen LogP contribution in [-0.2, 0) is 11.2 Å². The molecule has 3 N–H and O–H groups in total. The molecule has 7 nitrogen and oxygen atoms in total. The number of carboxylic acids is 1. The van der Waals surface area contributed by atoms with Crippen LogP contribution in [0.1, 0.15) is 37.4 Å². The lowest BCUT2D eigenvalue weighted by atomic mass is 10.0. The van der Waals surface area contributed by atoms with Crippen molar-refractivity contribution in [3.63, 3.8) is 0 Å². The Kier molecular flexibility index (Phi) is 7.14. The molecule has 2 aromatic rings. The van der Waals surface area contributed by atoms with Crippen LogP contribution in [0.2, 0.25) is 0 Å². The number of carbonyl (C=O) groups is 3. The molecular formula is C21H24N2O5. The van der Waals surface area contributed by atoms with Crippen LogP contribution in [0, 0.1) is 13.8 Å². The zero-order chi connectivity index (χ0) is 20.7. The first-order chi connectivity index (χ1) is 13.3. The summed E-state index contributed by atoms with van der Waals surface area (Å²) in [5.41, 5.74) is 3.41. The Balaban J connectivity index is 1.98. The molecule has 0 aromatic heterocycles. The third-order valence-corrected chi connectivity index (χ3v) is 4.18. The first-order valence-corrected chi connectivity index (χ1v) is 8.87. The van der Waals surface area contributed by atoms with Crippen LogP contribution in [0.4, 0.5) is 0 Å². The number of carboxylic acid groups (broad SMARTS) is 1. The summed E-state index contributed by atoms with van der Waals surface area (Å²) in [5.74, 6) is -0.952. The highest BCUT2D eigenvalue weighted by Crippen LogP contribution is 2.24. The molecule has 0 bridgehead atoms. The summed E-state index contributed by atoms with van der Waals surface area (Å²) in [6.07, 6.45) is 0.592. The Hall–Kier alpha value is -3.35. The van der Waals surface area contributed by atoms with Crippen molar-refractivity contribution in [1.82, 2.24) is 10.6 Å². The fraction of sp³-hybridized carbons (Fsp3) is 0.286. The minimum Gasteiger partial charge on any atom is -0.481 e. The fourth-order valence-corrected chi connectivity index (χ4v) is 2.88. The fourth-order valence-electron chi connectivity index (χ4n) is 2.88. The number of benzene rings is 2. The van der Waals surface area contributed by atoms with Gasteiger partial charge >= 0.3 is 5.97 Å². The molecule has 0 aliphatic rings. The maximum Gasteiger partial charge on any atom is 0.341 e. The second kappa shape index (κ2) is 9.55. The number of carbonyl (C=O) groups excluding carboxylic acids is 2. The Morgan fingerprint density at radius 1 is 1.00 bits per heavy atom. The van der Waals surface area contributed by atoms with E-state index in [1.807, 2.05) is 12.1 Å². The van der Waals surface area contributed by atoms with Crippen molar-refractivity contribution in [2.75, 3.05) is 20.2 Å². The van der Waals surface area contributed by atoms with Crippen LogP contribution in [0.15, 0.2) is 36.4 Å². The van der Waals surface area contributed by atoms with E-state index in [1.54, 1.807) is 45.2 Å². The standard InChI is InChI=1S/C21H24N2O5/c1-13-9-17(10-14(2)19(13)28-12-18(24)25)21(27)23-8-7-15-5-4-6-16(11-15)20(26)22-3/h4-6,9-11H,7-8,12H2,1-3H3,(H,22,26)(H,23,27)(H,24,25). The number of nitrogens with one attached hydrogen (secondary N) is 2. The molecule has 2 rings (SSSR count). The number of amides is 2. The molecule has 148 valence electrons. The molecule has 0 aliphatic carbocycles. The predicted octanol–water partition coefficient (Wildman–Crippen LogP) is 2.10. The molecule has 0 heterocycles. The van der Waals surface area contributed by atoms with E-state index in [4.69, 9.17) is 9.84 Å². The van der Waals surface area contributed by atoms with Gasteiger partial charge in [0.2, 0.25) is 0 Å². The molecule has 28 heavy (non-hydrogen) atoms. The van der Waals surface area contributed by atoms with E-state index in [0.29, 0.717) is 41.0 Å². The summed E-state index contributed by atoms with van der Waals surface area (Å²) >= 11 is 0. The van der Waals surface area contributed by atoms with Crippen molar-refractivity contribution in [3.05, 3.63) is 64.2 Å². The van der Waals surface area contributed by atoms with Crippen molar-refractivity contribution in [2.24, 2.45) is 0 Å². The Bertz CT molecular complexity index is 869. The minimum atomic E-state index is -1.05. The van der Waals surface area contributed by atoms with Gasteiger partial charge in [-0.15, -0.1) is 0 Å². The van der Waals surface area contributed by atoms with Crippen LogP contribution in [0.25, 0.3) is 0 Å². The van der Waals surface area contributed by atoms with Crippen molar-refractivity contribution in [3.8, 4) is 5.75 Å². The first kappa shape index (κ1) is 21.0. The molecule has 0 spiro atoms. The zero-order valence-corrected chi connectivity index (χ0v) is 16.2. The van der Waals surface area contributed by atoms with Gasteiger partial charge in [0, 0.05) is 24.7 Å². The minimum absolute atomic E-state index is 0.151. The predicted molar refractivity (Wildman–Crippen MR) is 105 cm³/mol. The van der Waals surface area contributed by atoms with Gasteiger partial charge in [-0.2, -0.15) is 0 Å². The van der Waals surface area contributed by atoms with E-state index < -0.39 is 12.6 Å². The molecule has 0 aliphatic heterocycles. The number of hydrogen-bond acceptors (Lipinski definition) is 4. The van der Waals surface area contributed by atoms with E-state index in [0.717, 1.165) is 5.56 Å². The van der Waals surface area contributed by atoms with Gasteiger partial charge < -0.3 is 20.5 Å². The number of rotatable bonds is 8. The lowest BCUT2D eigenvalue weighted by Gasteiger charge is -2.13. The van der Waals surface area contributed by atoms with Crippen LogP contribution < -0.4 is 15.4 Å². The quantitative estimate of drug-likeness (QED) is 0.646. The highest BCUT2D eigenvalue weighted by atomic mass is 16.5. The van der Waals surface area contributed by atoms with E-state index in [9.17, 15) is 14.4 Å². The van der Waals surface area contributed by atoms with Crippen molar-refractivity contribution in [2.45, 2.75) is 20.3 Å². The third-order valence-electron chi connectivity index (χ3n) is 4.18. The van der Waals surface area contributed by atoms with Gasteiger partial charge in [-0.1, -0.05) is 12.1 Å². The maximum absolute atomic E-state index is 12.4. The van der Waals surface area contributed by atoms with Gasteiger partial charge in [-0.3, -0.25) is 9.59 Å². The molecule has 0 radical (unpaired) electrons. The summed E-state index contributed by atoms with van der Waals surface area (Å²) in [6, 6.07) is 10.6. The van der Waals surface area contributed by atoms with E-state index >= 15 is 0 Å². The monoisotopic (exact) mass is 384 g/mol.